The maximum atomic E-state index is 8.76. The maximum Gasteiger partial charge on any atom is 0.163 e. The number of anilines is 2. The summed E-state index contributed by atoms with van der Waals surface area (Å²) in [6.07, 6.45) is 4.92. The van der Waals surface area contributed by atoms with Gasteiger partial charge in [0.2, 0.25) is 0 Å². The summed E-state index contributed by atoms with van der Waals surface area (Å²) >= 11 is 0. The molecule has 26 heavy (non-hydrogen) atoms. The van der Waals surface area contributed by atoms with Gasteiger partial charge in [-0.2, -0.15) is 10.4 Å². The van der Waals surface area contributed by atoms with E-state index in [0.717, 1.165) is 42.9 Å². The first-order valence-electron chi connectivity index (χ1n) is 8.92. The molecule has 1 fully saturated rings. The summed E-state index contributed by atoms with van der Waals surface area (Å²) in [5.74, 6) is 1.39. The number of nitriles is 1. The molecule has 0 unspecified atom stereocenters. The summed E-state index contributed by atoms with van der Waals surface area (Å²) in [5.41, 5.74) is 2.06. The molecule has 1 aliphatic heterocycles. The van der Waals surface area contributed by atoms with Crippen molar-refractivity contribution < 1.29 is 0 Å². The molecule has 132 valence electrons. The van der Waals surface area contributed by atoms with Gasteiger partial charge in [-0.05, 0) is 24.5 Å². The molecule has 0 amide bonds. The zero-order valence-corrected chi connectivity index (χ0v) is 14.5. The van der Waals surface area contributed by atoms with Gasteiger partial charge in [0.25, 0.3) is 0 Å². The Labute approximate surface area is 152 Å². The summed E-state index contributed by atoms with van der Waals surface area (Å²) in [4.78, 5) is 11.1. The van der Waals surface area contributed by atoms with Gasteiger partial charge in [0.15, 0.2) is 5.65 Å². The van der Waals surface area contributed by atoms with Gasteiger partial charge in [0.05, 0.1) is 30.6 Å². The standard InChI is InChI=1S/C19H21N7/c20-8-4-9-26-19-17(12-24-26)18(22-14-23-19)21-11-15-7-10-25(13-15)16-5-2-1-3-6-16/h1-3,5-6,12,14-15H,4,7,9-11,13H2,(H,21,22,23)/t15-/m1/s1. The topological polar surface area (TPSA) is 82.7 Å². The van der Waals surface area contributed by atoms with Crippen molar-refractivity contribution in [1.29, 1.82) is 5.26 Å². The van der Waals surface area contributed by atoms with Gasteiger partial charge < -0.3 is 10.2 Å². The molecule has 2 aromatic heterocycles. The van der Waals surface area contributed by atoms with Crippen LogP contribution in [0.2, 0.25) is 0 Å². The third kappa shape index (κ3) is 3.31. The number of fused-ring (bicyclic) bond motifs is 1. The first-order valence-corrected chi connectivity index (χ1v) is 8.92. The van der Waals surface area contributed by atoms with Crippen LogP contribution in [-0.2, 0) is 6.54 Å². The van der Waals surface area contributed by atoms with Crippen LogP contribution in [0.25, 0.3) is 11.0 Å². The molecule has 0 radical (unpaired) electrons. The molecule has 0 saturated carbocycles. The largest absolute Gasteiger partial charge is 0.371 e. The first-order chi connectivity index (χ1) is 12.8. The van der Waals surface area contributed by atoms with Crippen molar-refractivity contribution in [2.75, 3.05) is 29.9 Å². The lowest BCUT2D eigenvalue weighted by molar-refractivity contribution is 0.621. The molecule has 4 rings (SSSR count). The Morgan fingerprint density at radius 1 is 1.23 bits per heavy atom. The third-order valence-corrected chi connectivity index (χ3v) is 4.83. The number of rotatable bonds is 6. The Balaban J connectivity index is 1.41. The van der Waals surface area contributed by atoms with E-state index in [2.05, 4.69) is 61.7 Å². The lowest BCUT2D eigenvalue weighted by Crippen LogP contribution is -2.22. The van der Waals surface area contributed by atoms with E-state index >= 15 is 0 Å². The Hall–Kier alpha value is -3.14. The second-order valence-corrected chi connectivity index (χ2v) is 6.55. The van der Waals surface area contributed by atoms with Crippen LogP contribution in [0.15, 0.2) is 42.9 Å². The van der Waals surface area contributed by atoms with Crippen LogP contribution in [0.5, 0.6) is 0 Å². The van der Waals surface area contributed by atoms with E-state index in [4.69, 9.17) is 5.26 Å². The molecule has 7 heteroatoms. The molecule has 1 atom stereocenters. The fourth-order valence-corrected chi connectivity index (χ4v) is 3.47. The van der Waals surface area contributed by atoms with E-state index in [1.807, 2.05) is 0 Å². The Morgan fingerprint density at radius 3 is 2.96 bits per heavy atom. The number of benzene rings is 1. The zero-order valence-electron chi connectivity index (χ0n) is 14.5. The van der Waals surface area contributed by atoms with E-state index in [1.54, 1.807) is 17.2 Å². The van der Waals surface area contributed by atoms with Gasteiger partial charge in [-0.15, -0.1) is 0 Å². The van der Waals surface area contributed by atoms with Gasteiger partial charge in [-0.3, -0.25) is 0 Å². The molecule has 1 N–H and O–H groups in total. The lowest BCUT2D eigenvalue weighted by Gasteiger charge is -2.18. The number of nitrogens with one attached hydrogen (secondary N) is 1. The van der Waals surface area contributed by atoms with Crippen LogP contribution >= 0.6 is 0 Å². The number of hydrogen-bond donors (Lipinski definition) is 1. The minimum Gasteiger partial charge on any atom is -0.371 e. The predicted molar refractivity (Wildman–Crippen MR) is 101 cm³/mol. The third-order valence-electron chi connectivity index (χ3n) is 4.83. The number of nitrogens with zero attached hydrogens (tertiary/aromatic N) is 6. The molecular formula is C19H21N7. The quantitative estimate of drug-likeness (QED) is 0.738. The highest BCUT2D eigenvalue weighted by Gasteiger charge is 2.22. The van der Waals surface area contributed by atoms with Gasteiger partial charge >= 0.3 is 0 Å². The van der Waals surface area contributed by atoms with Crippen molar-refractivity contribution >= 4 is 22.5 Å². The molecule has 3 aromatic rings. The van der Waals surface area contributed by atoms with Crippen LogP contribution in [0.1, 0.15) is 12.8 Å². The number of para-hydroxylation sites is 1. The average molecular weight is 347 g/mol. The highest BCUT2D eigenvalue weighted by Crippen LogP contribution is 2.25. The van der Waals surface area contributed by atoms with Gasteiger partial charge in [0, 0.05) is 25.3 Å². The Kier molecular flexibility index (Phi) is 4.65. The molecule has 1 aliphatic rings. The van der Waals surface area contributed by atoms with Crippen molar-refractivity contribution in [3.05, 3.63) is 42.9 Å². The summed E-state index contributed by atoms with van der Waals surface area (Å²) in [6.45, 7) is 3.55. The molecule has 1 saturated heterocycles. The number of aryl methyl sites for hydroxylation is 1. The average Bonchev–Trinajstić information content (AvgIpc) is 3.33. The highest BCUT2D eigenvalue weighted by molar-refractivity contribution is 5.86. The van der Waals surface area contributed by atoms with Gasteiger partial charge in [-0.1, -0.05) is 18.2 Å². The lowest BCUT2D eigenvalue weighted by atomic mass is 10.1. The van der Waals surface area contributed by atoms with E-state index in [0.29, 0.717) is 18.9 Å². The van der Waals surface area contributed by atoms with Crippen molar-refractivity contribution in [3.63, 3.8) is 0 Å². The minimum absolute atomic E-state index is 0.418. The van der Waals surface area contributed by atoms with E-state index in [-0.39, 0.29) is 0 Å². The smallest absolute Gasteiger partial charge is 0.163 e. The van der Waals surface area contributed by atoms with Gasteiger partial charge in [-0.25, -0.2) is 14.6 Å². The normalized spacial score (nSPS) is 16.7. The van der Waals surface area contributed by atoms with Crippen LogP contribution in [0.3, 0.4) is 0 Å². The first kappa shape index (κ1) is 16.3. The molecule has 3 heterocycles. The summed E-state index contributed by atoms with van der Waals surface area (Å²) in [7, 11) is 0. The fourth-order valence-electron chi connectivity index (χ4n) is 3.47. The predicted octanol–water partition coefficient (Wildman–Crippen LogP) is 2.68. The molecular weight excluding hydrogens is 326 g/mol. The number of hydrogen-bond acceptors (Lipinski definition) is 6. The van der Waals surface area contributed by atoms with E-state index < -0.39 is 0 Å². The van der Waals surface area contributed by atoms with Gasteiger partial charge in [0.1, 0.15) is 12.1 Å². The van der Waals surface area contributed by atoms with Crippen molar-refractivity contribution in [1.82, 2.24) is 19.7 Å². The van der Waals surface area contributed by atoms with E-state index in [1.165, 1.54) is 5.69 Å². The van der Waals surface area contributed by atoms with E-state index in [9.17, 15) is 0 Å². The Morgan fingerprint density at radius 2 is 2.12 bits per heavy atom. The molecule has 7 nitrogen and oxygen atoms in total. The SMILES string of the molecule is N#CCCn1ncc2c(NC[C@H]3CCN(c4ccccc4)C3)ncnc21. The minimum atomic E-state index is 0.418. The second-order valence-electron chi connectivity index (χ2n) is 6.55. The van der Waals surface area contributed by atoms with Crippen molar-refractivity contribution in [3.8, 4) is 6.07 Å². The zero-order chi connectivity index (χ0) is 17.8. The molecule has 1 aromatic carbocycles. The Bertz CT molecular complexity index is 913. The maximum absolute atomic E-state index is 8.76. The van der Waals surface area contributed by atoms with Crippen molar-refractivity contribution in [2.24, 2.45) is 5.92 Å². The summed E-state index contributed by atoms with van der Waals surface area (Å²) < 4.78 is 1.76. The number of aromatic nitrogens is 4. The fraction of sp³-hybridized carbons (Fsp3) is 0.368. The van der Waals surface area contributed by atoms with Crippen molar-refractivity contribution in [2.45, 2.75) is 19.4 Å². The summed E-state index contributed by atoms with van der Waals surface area (Å²) in [6, 6.07) is 12.7. The molecule has 0 spiro atoms. The monoisotopic (exact) mass is 347 g/mol. The van der Waals surface area contributed by atoms with Crippen LogP contribution < -0.4 is 10.2 Å². The molecule has 0 aliphatic carbocycles. The highest BCUT2D eigenvalue weighted by atomic mass is 15.3. The molecule has 0 bridgehead atoms. The van der Waals surface area contributed by atoms with Crippen LogP contribution in [0.4, 0.5) is 11.5 Å². The van der Waals surface area contributed by atoms with Crippen LogP contribution in [0, 0.1) is 17.2 Å². The second kappa shape index (κ2) is 7.40. The summed E-state index contributed by atoms with van der Waals surface area (Å²) in [5, 5.41) is 17.5. The van der Waals surface area contributed by atoms with Crippen LogP contribution in [-0.4, -0.2) is 39.4 Å².